The molecule has 1 amide bonds. The third kappa shape index (κ3) is 6.63. The zero-order chi connectivity index (χ0) is 19.0. The molecule has 5 nitrogen and oxygen atoms in total. The van der Waals surface area contributed by atoms with Crippen molar-refractivity contribution in [1.29, 1.82) is 0 Å². The molecule has 0 saturated heterocycles. The molecular weight excluding hydrogens is 349 g/mol. The van der Waals surface area contributed by atoms with Crippen molar-refractivity contribution in [3.8, 4) is 0 Å². The zero-order valence-electron chi connectivity index (χ0n) is 15.1. The summed E-state index contributed by atoms with van der Waals surface area (Å²) < 4.78 is 24.2. The van der Waals surface area contributed by atoms with Crippen molar-refractivity contribution < 1.29 is 23.5 Å². The van der Waals surface area contributed by atoms with Crippen LogP contribution in [0.15, 0.2) is 18.2 Å². The van der Waals surface area contributed by atoms with Crippen LogP contribution in [0.5, 0.6) is 0 Å². The van der Waals surface area contributed by atoms with Gasteiger partial charge in [-0.2, -0.15) is 0 Å². The first-order valence-corrected chi connectivity index (χ1v) is 8.58. The first-order valence-electron chi connectivity index (χ1n) is 8.20. The first kappa shape index (κ1) is 21.4. The molecular formula is C18H25ClFNO4. The highest BCUT2D eigenvalue weighted by Gasteiger charge is 2.25. The van der Waals surface area contributed by atoms with E-state index in [2.05, 4.69) is 0 Å². The molecule has 25 heavy (non-hydrogen) atoms. The van der Waals surface area contributed by atoms with Gasteiger partial charge in [-0.05, 0) is 32.4 Å². The summed E-state index contributed by atoms with van der Waals surface area (Å²) in [6, 6.07) is 4.08. The van der Waals surface area contributed by atoms with Crippen LogP contribution in [0.2, 0.25) is 5.02 Å². The highest BCUT2D eigenvalue weighted by atomic mass is 35.5. The number of hydrogen-bond acceptors (Lipinski definition) is 4. The van der Waals surface area contributed by atoms with Crippen molar-refractivity contribution in [2.45, 2.75) is 33.3 Å². The number of amides is 1. The molecule has 0 saturated carbocycles. The molecule has 0 N–H and O–H groups in total. The van der Waals surface area contributed by atoms with Crippen LogP contribution in [-0.2, 0) is 14.3 Å². The molecule has 0 aliphatic carbocycles. The summed E-state index contributed by atoms with van der Waals surface area (Å²) in [5.74, 6) is -2.21. The van der Waals surface area contributed by atoms with Gasteiger partial charge >= 0.3 is 5.97 Å². The van der Waals surface area contributed by atoms with Gasteiger partial charge < -0.3 is 14.4 Å². The second-order valence-corrected chi connectivity index (χ2v) is 6.45. The Labute approximate surface area is 153 Å². The molecule has 0 bridgehead atoms. The zero-order valence-corrected chi connectivity index (χ0v) is 15.8. The summed E-state index contributed by atoms with van der Waals surface area (Å²) in [6.07, 6.45) is 0.642. The number of nitrogens with zero attached hydrogens (tertiary/aromatic N) is 1. The summed E-state index contributed by atoms with van der Waals surface area (Å²) in [6.45, 7) is 6.37. The minimum Gasteiger partial charge on any atom is -0.469 e. The molecule has 1 aromatic carbocycles. The Bertz CT molecular complexity index is 574. The van der Waals surface area contributed by atoms with Crippen molar-refractivity contribution in [3.63, 3.8) is 0 Å². The highest BCUT2D eigenvalue weighted by Crippen LogP contribution is 2.21. The van der Waals surface area contributed by atoms with E-state index in [9.17, 15) is 14.0 Å². The SMILES string of the molecule is COC(=O)C(C)CN(CCCOC(C)C)C(=O)c1c(F)cccc1Cl. The standard InChI is InChI=1S/C18H25ClFNO4/c1-12(2)25-10-6-9-21(11-13(3)18(23)24-4)17(22)16-14(19)7-5-8-15(16)20/h5,7-8,12-13H,6,9-11H2,1-4H3. The Morgan fingerprint density at radius 1 is 1.28 bits per heavy atom. The quantitative estimate of drug-likeness (QED) is 0.490. The molecule has 1 aromatic rings. The normalized spacial score (nSPS) is 12.1. The average molecular weight is 374 g/mol. The van der Waals surface area contributed by atoms with Gasteiger partial charge in [0.25, 0.3) is 5.91 Å². The number of halogens is 2. The lowest BCUT2D eigenvalue weighted by molar-refractivity contribution is -0.145. The topological polar surface area (TPSA) is 55.8 Å². The second-order valence-electron chi connectivity index (χ2n) is 6.05. The molecule has 0 heterocycles. The van der Waals surface area contributed by atoms with Crippen LogP contribution in [0.1, 0.15) is 37.6 Å². The van der Waals surface area contributed by atoms with E-state index >= 15 is 0 Å². The molecule has 1 rings (SSSR count). The van der Waals surface area contributed by atoms with Crippen LogP contribution < -0.4 is 0 Å². The lowest BCUT2D eigenvalue weighted by Crippen LogP contribution is -2.39. The predicted molar refractivity (Wildman–Crippen MR) is 94.2 cm³/mol. The van der Waals surface area contributed by atoms with Gasteiger partial charge in [-0.15, -0.1) is 0 Å². The van der Waals surface area contributed by atoms with Gasteiger partial charge in [0.2, 0.25) is 0 Å². The van der Waals surface area contributed by atoms with Gasteiger partial charge in [-0.25, -0.2) is 4.39 Å². The molecule has 0 radical (unpaired) electrons. The van der Waals surface area contributed by atoms with E-state index in [0.29, 0.717) is 19.6 Å². The average Bonchev–Trinajstić information content (AvgIpc) is 2.56. The Morgan fingerprint density at radius 3 is 2.52 bits per heavy atom. The first-order chi connectivity index (χ1) is 11.8. The number of carbonyl (C=O) groups excluding carboxylic acids is 2. The van der Waals surface area contributed by atoms with E-state index in [1.54, 1.807) is 6.92 Å². The molecule has 7 heteroatoms. The number of ether oxygens (including phenoxy) is 2. The maximum Gasteiger partial charge on any atom is 0.310 e. The van der Waals surface area contributed by atoms with E-state index in [-0.39, 0.29) is 23.2 Å². The van der Waals surface area contributed by atoms with Crippen LogP contribution in [0.4, 0.5) is 4.39 Å². The van der Waals surface area contributed by atoms with Gasteiger partial charge in [0, 0.05) is 19.7 Å². The smallest absolute Gasteiger partial charge is 0.310 e. The van der Waals surface area contributed by atoms with Crippen LogP contribution in [0.25, 0.3) is 0 Å². The second kappa shape index (κ2) is 10.4. The molecule has 0 aromatic heterocycles. The Morgan fingerprint density at radius 2 is 1.96 bits per heavy atom. The minimum atomic E-state index is -0.688. The van der Waals surface area contributed by atoms with E-state index in [1.807, 2.05) is 13.8 Å². The minimum absolute atomic E-state index is 0.0409. The summed E-state index contributed by atoms with van der Waals surface area (Å²) >= 11 is 5.99. The van der Waals surface area contributed by atoms with Crippen LogP contribution >= 0.6 is 11.6 Å². The van der Waals surface area contributed by atoms with Crippen LogP contribution in [0, 0.1) is 11.7 Å². The van der Waals surface area contributed by atoms with Gasteiger partial charge in [0.05, 0.1) is 29.7 Å². The maximum atomic E-state index is 14.1. The highest BCUT2D eigenvalue weighted by molar-refractivity contribution is 6.33. The van der Waals surface area contributed by atoms with E-state index < -0.39 is 23.6 Å². The van der Waals surface area contributed by atoms with Gasteiger partial charge in [-0.1, -0.05) is 24.6 Å². The molecule has 140 valence electrons. The van der Waals surface area contributed by atoms with Crippen molar-refractivity contribution in [2.24, 2.45) is 5.92 Å². The monoisotopic (exact) mass is 373 g/mol. The summed E-state index contributed by atoms with van der Waals surface area (Å²) in [4.78, 5) is 25.9. The molecule has 0 aliphatic rings. The van der Waals surface area contributed by atoms with Crippen molar-refractivity contribution in [3.05, 3.63) is 34.6 Å². The number of rotatable bonds is 9. The van der Waals surface area contributed by atoms with Crippen LogP contribution in [0.3, 0.4) is 0 Å². The predicted octanol–water partition coefficient (Wildman–Crippen LogP) is 3.55. The summed E-state index contributed by atoms with van der Waals surface area (Å²) in [5.41, 5.74) is -0.189. The number of esters is 1. The number of benzene rings is 1. The lowest BCUT2D eigenvalue weighted by Gasteiger charge is -2.26. The molecule has 0 fully saturated rings. The maximum absolute atomic E-state index is 14.1. The van der Waals surface area contributed by atoms with Crippen LogP contribution in [-0.4, -0.2) is 49.7 Å². The number of hydrogen-bond donors (Lipinski definition) is 0. The Balaban J connectivity index is 2.92. The van der Waals surface area contributed by atoms with E-state index in [1.165, 1.54) is 30.2 Å². The Kier molecular flexibility index (Phi) is 8.86. The fraction of sp³-hybridized carbons (Fsp3) is 0.556. The van der Waals surface area contributed by atoms with Crippen molar-refractivity contribution in [1.82, 2.24) is 4.90 Å². The van der Waals surface area contributed by atoms with Gasteiger partial charge in [0.1, 0.15) is 5.82 Å². The van der Waals surface area contributed by atoms with E-state index in [0.717, 1.165) is 0 Å². The number of carbonyl (C=O) groups is 2. The van der Waals surface area contributed by atoms with Gasteiger partial charge in [-0.3, -0.25) is 9.59 Å². The third-order valence-electron chi connectivity index (χ3n) is 3.59. The fourth-order valence-electron chi connectivity index (χ4n) is 2.32. The Hall–Kier alpha value is -1.66. The summed E-state index contributed by atoms with van der Waals surface area (Å²) in [7, 11) is 1.29. The summed E-state index contributed by atoms with van der Waals surface area (Å²) in [5, 5.41) is 0.0409. The largest absolute Gasteiger partial charge is 0.469 e. The molecule has 0 aliphatic heterocycles. The fourth-order valence-corrected chi connectivity index (χ4v) is 2.56. The number of methoxy groups -OCH3 is 1. The molecule has 1 unspecified atom stereocenters. The van der Waals surface area contributed by atoms with E-state index in [4.69, 9.17) is 21.1 Å². The van der Waals surface area contributed by atoms with Crippen molar-refractivity contribution >= 4 is 23.5 Å². The van der Waals surface area contributed by atoms with Gasteiger partial charge in [0.15, 0.2) is 0 Å². The lowest BCUT2D eigenvalue weighted by atomic mass is 10.1. The van der Waals surface area contributed by atoms with Crippen molar-refractivity contribution in [2.75, 3.05) is 26.8 Å². The molecule has 0 spiro atoms. The third-order valence-corrected chi connectivity index (χ3v) is 3.90. The molecule has 1 atom stereocenters.